The van der Waals surface area contributed by atoms with Gasteiger partial charge in [0.2, 0.25) is 0 Å². The summed E-state index contributed by atoms with van der Waals surface area (Å²) in [6, 6.07) is 14.1. The predicted octanol–water partition coefficient (Wildman–Crippen LogP) is 5.14. The van der Waals surface area contributed by atoms with E-state index in [9.17, 15) is 36.3 Å². The fourth-order valence-electron chi connectivity index (χ4n) is 5.42. The average Bonchev–Trinajstić information content (AvgIpc) is 3.02. The first kappa shape index (κ1) is 35.9. The number of nitrogens with zero attached hydrogens (tertiary/aromatic N) is 3. The van der Waals surface area contributed by atoms with E-state index in [0.717, 1.165) is 17.7 Å². The van der Waals surface area contributed by atoms with Gasteiger partial charge in [-0.15, -0.1) is 0 Å². The topological polar surface area (TPSA) is 104 Å². The van der Waals surface area contributed by atoms with Crippen molar-refractivity contribution in [3.05, 3.63) is 104 Å². The maximum Gasteiger partial charge on any atom is 0.417 e. The molecule has 3 aromatic carbocycles. The molecule has 0 bridgehead atoms. The average molecular weight is 675 g/mol. The molecule has 4 aromatic rings. The van der Waals surface area contributed by atoms with Gasteiger partial charge < -0.3 is 29.5 Å². The molecular weight excluding hydrogens is 639 g/mol. The first-order chi connectivity index (χ1) is 22.6. The molecule has 0 saturated carbocycles. The van der Waals surface area contributed by atoms with Gasteiger partial charge in [0.05, 0.1) is 24.3 Å². The van der Waals surface area contributed by atoms with Crippen LogP contribution >= 0.6 is 0 Å². The highest BCUT2D eigenvalue weighted by Crippen LogP contribution is 2.38. The molecule has 2 N–H and O–H groups in total. The van der Waals surface area contributed by atoms with Crippen LogP contribution in [0.4, 0.5) is 33.3 Å². The number of aliphatic carboxylic acids is 1. The van der Waals surface area contributed by atoms with Gasteiger partial charge in [0.15, 0.2) is 0 Å². The van der Waals surface area contributed by atoms with E-state index in [1.54, 1.807) is 54.2 Å². The molecule has 1 saturated heterocycles. The van der Waals surface area contributed by atoms with E-state index in [1.165, 1.54) is 17.7 Å². The summed E-state index contributed by atoms with van der Waals surface area (Å²) in [5.41, 5.74) is 0.392. The molecule has 1 aliphatic rings. The highest BCUT2D eigenvalue weighted by molar-refractivity contribution is 5.96. The van der Waals surface area contributed by atoms with Crippen LogP contribution in [-0.4, -0.2) is 68.5 Å². The highest BCUT2D eigenvalue weighted by atomic mass is 19.4. The van der Waals surface area contributed by atoms with Crippen LogP contribution in [-0.2, 0) is 29.2 Å². The van der Waals surface area contributed by atoms with Crippen LogP contribution < -0.4 is 20.7 Å². The summed E-state index contributed by atoms with van der Waals surface area (Å²) in [6.07, 6.45) is -4.69. The van der Waals surface area contributed by atoms with Crippen LogP contribution in [0, 0.1) is 18.6 Å². The Bertz CT molecular complexity index is 1860. The SMILES string of the molecule is Cc1cccc(Cc2c(C(F)(F)F)c3cc(N(C)C)ccc3n(C)c2=O)c1.O=C(O)CNC(=O)c1c(F)cc(N2CCOCC2)cc1F. The van der Waals surface area contributed by atoms with Crippen molar-refractivity contribution in [1.29, 1.82) is 0 Å². The van der Waals surface area contributed by atoms with Gasteiger partial charge in [-0.05, 0) is 42.8 Å². The Morgan fingerprint density at radius 2 is 1.65 bits per heavy atom. The predicted molar refractivity (Wildman–Crippen MR) is 172 cm³/mol. The van der Waals surface area contributed by atoms with Gasteiger partial charge in [-0.25, -0.2) is 8.78 Å². The van der Waals surface area contributed by atoms with Gasteiger partial charge in [0.1, 0.15) is 23.7 Å². The van der Waals surface area contributed by atoms with Gasteiger partial charge in [-0.2, -0.15) is 13.2 Å². The van der Waals surface area contributed by atoms with Crippen LogP contribution in [0.3, 0.4) is 0 Å². The molecule has 1 aliphatic heterocycles. The number of anilines is 2. The van der Waals surface area contributed by atoms with Crippen LogP contribution in [0.15, 0.2) is 59.4 Å². The maximum absolute atomic E-state index is 14.0. The molecular formula is C34H35F5N4O5. The molecule has 256 valence electrons. The number of carbonyl (C=O) groups excluding carboxylic acids is 1. The lowest BCUT2D eigenvalue weighted by molar-refractivity contribution is -0.137. The zero-order valence-electron chi connectivity index (χ0n) is 26.8. The molecule has 14 heteroatoms. The number of amides is 1. The lowest BCUT2D eigenvalue weighted by atomic mass is 9.96. The number of carbonyl (C=O) groups is 2. The minimum absolute atomic E-state index is 0.0402. The van der Waals surface area contributed by atoms with Gasteiger partial charge in [0, 0.05) is 63.0 Å². The first-order valence-electron chi connectivity index (χ1n) is 14.9. The van der Waals surface area contributed by atoms with Crippen molar-refractivity contribution in [3.8, 4) is 0 Å². The Hall–Kier alpha value is -4.98. The zero-order valence-corrected chi connectivity index (χ0v) is 26.8. The second-order valence-electron chi connectivity index (χ2n) is 11.4. The normalized spacial score (nSPS) is 13.1. The number of carboxylic acids is 1. The number of hydrogen-bond donors (Lipinski definition) is 2. The van der Waals surface area contributed by atoms with Crippen molar-refractivity contribution in [2.75, 3.05) is 56.7 Å². The number of rotatable bonds is 7. The summed E-state index contributed by atoms with van der Waals surface area (Å²) in [4.78, 5) is 38.2. The van der Waals surface area contributed by atoms with E-state index >= 15 is 0 Å². The molecule has 5 rings (SSSR count). The molecule has 48 heavy (non-hydrogen) atoms. The summed E-state index contributed by atoms with van der Waals surface area (Å²) >= 11 is 0. The summed E-state index contributed by atoms with van der Waals surface area (Å²) in [5, 5.41) is 10.4. The lowest BCUT2D eigenvalue weighted by Crippen LogP contribution is -2.36. The van der Waals surface area contributed by atoms with Crippen molar-refractivity contribution in [2.45, 2.75) is 19.5 Å². The Morgan fingerprint density at radius 3 is 2.21 bits per heavy atom. The van der Waals surface area contributed by atoms with Gasteiger partial charge in [-0.1, -0.05) is 29.8 Å². The minimum atomic E-state index is -4.63. The van der Waals surface area contributed by atoms with Crippen LogP contribution in [0.25, 0.3) is 10.9 Å². The number of hydrogen-bond acceptors (Lipinski definition) is 6. The van der Waals surface area contributed by atoms with Gasteiger partial charge >= 0.3 is 12.1 Å². The van der Waals surface area contributed by atoms with E-state index < -0.39 is 52.9 Å². The van der Waals surface area contributed by atoms with Crippen molar-refractivity contribution >= 4 is 34.2 Å². The Kier molecular flexibility index (Phi) is 11.1. The van der Waals surface area contributed by atoms with Crippen LogP contribution in [0.1, 0.15) is 32.6 Å². The molecule has 1 aromatic heterocycles. The summed E-state index contributed by atoms with van der Waals surface area (Å²) in [7, 11) is 5.05. The number of fused-ring (bicyclic) bond motifs is 1. The largest absolute Gasteiger partial charge is 0.480 e. The quantitative estimate of drug-likeness (QED) is 0.262. The van der Waals surface area contributed by atoms with Crippen LogP contribution in [0.5, 0.6) is 0 Å². The third kappa shape index (κ3) is 8.29. The summed E-state index contributed by atoms with van der Waals surface area (Å²) in [5.74, 6) is -4.45. The van der Waals surface area contributed by atoms with Crippen molar-refractivity contribution in [3.63, 3.8) is 0 Å². The Balaban J connectivity index is 0.000000224. The fourth-order valence-corrected chi connectivity index (χ4v) is 5.42. The number of benzene rings is 3. The molecule has 0 spiro atoms. The maximum atomic E-state index is 14.0. The van der Waals surface area contributed by atoms with Gasteiger partial charge in [0.25, 0.3) is 11.5 Å². The number of pyridine rings is 1. The Morgan fingerprint density at radius 1 is 1.00 bits per heavy atom. The minimum Gasteiger partial charge on any atom is -0.480 e. The molecule has 9 nitrogen and oxygen atoms in total. The molecule has 0 unspecified atom stereocenters. The summed E-state index contributed by atoms with van der Waals surface area (Å²) in [6.45, 7) is 3.10. The Labute approximate surface area is 273 Å². The van der Waals surface area contributed by atoms with E-state index in [0.29, 0.717) is 43.2 Å². The van der Waals surface area contributed by atoms with Crippen molar-refractivity contribution < 1.29 is 41.4 Å². The number of carboxylic acid groups (broad SMARTS) is 1. The third-order valence-corrected chi connectivity index (χ3v) is 7.77. The number of halogens is 5. The lowest BCUT2D eigenvalue weighted by Gasteiger charge is -2.29. The monoisotopic (exact) mass is 674 g/mol. The molecule has 1 fully saturated rings. The zero-order chi connectivity index (χ0) is 35.3. The number of alkyl halides is 3. The third-order valence-electron chi connectivity index (χ3n) is 7.77. The number of aromatic nitrogens is 1. The summed E-state index contributed by atoms with van der Waals surface area (Å²) < 4.78 is 76.4. The highest BCUT2D eigenvalue weighted by Gasteiger charge is 2.37. The molecule has 0 aliphatic carbocycles. The number of aryl methyl sites for hydroxylation is 2. The number of ether oxygens (including phenoxy) is 1. The number of nitrogens with one attached hydrogen (secondary N) is 1. The first-order valence-corrected chi connectivity index (χ1v) is 14.9. The van der Waals surface area contributed by atoms with E-state index in [-0.39, 0.29) is 22.9 Å². The van der Waals surface area contributed by atoms with Gasteiger partial charge in [-0.3, -0.25) is 14.4 Å². The second kappa shape index (κ2) is 14.8. The fraction of sp³-hybridized carbons (Fsp3) is 0.324. The van der Waals surface area contributed by atoms with Crippen LogP contribution in [0.2, 0.25) is 0 Å². The smallest absolute Gasteiger partial charge is 0.417 e. The number of morpholine rings is 1. The van der Waals surface area contributed by atoms with E-state index in [2.05, 4.69) is 0 Å². The van der Waals surface area contributed by atoms with E-state index in [4.69, 9.17) is 9.84 Å². The molecule has 2 heterocycles. The second-order valence-corrected chi connectivity index (χ2v) is 11.4. The standard InChI is InChI=1S/C21H21F3N2O.C13H14F2N2O4/c1-13-6-5-7-14(10-13)11-17-19(21(22,23)24)16-12-15(25(2)3)8-9-18(16)26(4)20(17)27;14-9-5-8(17-1-3-21-4-2-17)6-10(15)12(9)13(20)16-7-11(18)19/h5-10,12H,11H2,1-4H3;5-6H,1-4,7H2,(H,16,20)(H,18,19). The molecule has 0 radical (unpaired) electrons. The molecule has 1 amide bonds. The van der Waals surface area contributed by atoms with E-state index in [1.807, 2.05) is 18.3 Å². The van der Waals surface area contributed by atoms with Crippen molar-refractivity contribution in [2.24, 2.45) is 7.05 Å². The van der Waals surface area contributed by atoms with Crippen molar-refractivity contribution in [1.82, 2.24) is 9.88 Å². The molecule has 0 atom stereocenters.